The standard InChI is InChI=1S/C24H39N3O11/c1-3-6-33-8-10-35-12-13-36-11-9-34-7-4-5-20(29)37-15-18(28)21(30)22-16(2)17(27-24(25)26)14-19(38-22)23(31)32/h1,14,16-18,21-22,28,30H,4-13,15H2,2H3,(H,31,32)(H4,25,26,27)/t16-,17+,18-,21-,22-/m1/s1. The number of rotatable bonds is 20. The lowest BCUT2D eigenvalue weighted by molar-refractivity contribution is -0.157. The number of nitrogens with two attached hydrogens (primary N) is 2. The van der Waals surface area contributed by atoms with Crippen LogP contribution in [0.4, 0.5) is 0 Å². The van der Waals surface area contributed by atoms with Gasteiger partial charge in [-0.3, -0.25) is 4.79 Å². The van der Waals surface area contributed by atoms with Crippen molar-refractivity contribution in [3.63, 3.8) is 0 Å². The highest BCUT2D eigenvalue weighted by atomic mass is 16.6. The van der Waals surface area contributed by atoms with Crippen LogP contribution in [-0.4, -0.2) is 117 Å². The van der Waals surface area contributed by atoms with Crippen molar-refractivity contribution in [3.8, 4) is 12.3 Å². The minimum absolute atomic E-state index is 0.0358. The zero-order chi connectivity index (χ0) is 28.3. The van der Waals surface area contributed by atoms with E-state index in [1.165, 1.54) is 6.08 Å². The highest BCUT2D eigenvalue weighted by Crippen LogP contribution is 2.29. The molecule has 5 atom stereocenters. The lowest BCUT2D eigenvalue weighted by atomic mass is 9.88. The van der Waals surface area contributed by atoms with Gasteiger partial charge < -0.3 is 55.2 Å². The molecule has 216 valence electrons. The molecule has 14 heteroatoms. The van der Waals surface area contributed by atoms with E-state index in [1.807, 2.05) is 0 Å². The van der Waals surface area contributed by atoms with Crippen LogP contribution in [0.2, 0.25) is 0 Å². The van der Waals surface area contributed by atoms with Crippen LogP contribution in [0, 0.1) is 18.3 Å². The van der Waals surface area contributed by atoms with E-state index in [0.29, 0.717) is 52.7 Å². The number of carbonyl (C=O) groups is 2. The average molecular weight is 546 g/mol. The molecule has 1 aliphatic heterocycles. The van der Waals surface area contributed by atoms with E-state index >= 15 is 0 Å². The van der Waals surface area contributed by atoms with Gasteiger partial charge >= 0.3 is 11.9 Å². The second-order valence-electron chi connectivity index (χ2n) is 8.26. The molecule has 0 saturated carbocycles. The molecule has 14 nitrogen and oxygen atoms in total. The maximum Gasteiger partial charge on any atom is 0.370 e. The number of carboxylic acids is 1. The van der Waals surface area contributed by atoms with Crippen LogP contribution in [0.3, 0.4) is 0 Å². The van der Waals surface area contributed by atoms with Gasteiger partial charge in [0.05, 0.1) is 45.7 Å². The second kappa shape index (κ2) is 19.2. The zero-order valence-corrected chi connectivity index (χ0v) is 21.5. The first-order valence-electron chi connectivity index (χ1n) is 12.1. The molecule has 0 aromatic rings. The van der Waals surface area contributed by atoms with Crippen molar-refractivity contribution in [2.45, 2.75) is 44.1 Å². The molecule has 7 N–H and O–H groups in total. The SMILES string of the molecule is C#CCOCCOCCOCCOCCCC(=O)OC[C@@H](O)[C@@H](O)[C@@H]1OC(C(=O)O)=C[C@H](N=C(N)N)[C@H]1C. The summed E-state index contributed by atoms with van der Waals surface area (Å²) in [5, 5.41) is 30.1. The summed E-state index contributed by atoms with van der Waals surface area (Å²) in [6.07, 6.45) is 2.41. The summed E-state index contributed by atoms with van der Waals surface area (Å²) in [5.41, 5.74) is 10.8. The third-order valence-corrected chi connectivity index (χ3v) is 5.27. The molecule has 0 aromatic carbocycles. The van der Waals surface area contributed by atoms with E-state index in [2.05, 4.69) is 10.9 Å². The molecule has 1 heterocycles. The lowest BCUT2D eigenvalue weighted by Crippen LogP contribution is -2.50. The summed E-state index contributed by atoms with van der Waals surface area (Å²) in [5.74, 6) is -0.945. The summed E-state index contributed by atoms with van der Waals surface area (Å²) in [7, 11) is 0. The highest BCUT2D eigenvalue weighted by Gasteiger charge is 2.41. The number of carbonyl (C=O) groups excluding carboxylic acids is 1. The summed E-state index contributed by atoms with van der Waals surface area (Å²) < 4.78 is 31.4. The monoisotopic (exact) mass is 545 g/mol. The van der Waals surface area contributed by atoms with Gasteiger partial charge in [-0.1, -0.05) is 12.8 Å². The summed E-state index contributed by atoms with van der Waals surface area (Å²) in [4.78, 5) is 27.3. The van der Waals surface area contributed by atoms with Crippen molar-refractivity contribution < 1.29 is 53.3 Å². The number of guanidine groups is 1. The van der Waals surface area contributed by atoms with Gasteiger partial charge in [-0.05, 0) is 12.5 Å². The molecule has 1 aliphatic rings. The van der Waals surface area contributed by atoms with Crippen molar-refractivity contribution >= 4 is 17.9 Å². The molecule has 0 spiro atoms. The Morgan fingerprint density at radius 1 is 1.08 bits per heavy atom. The number of terminal acetylenes is 1. The number of aliphatic hydroxyl groups excluding tert-OH is 2. The summed E-state index contributed by atoms with van der Waals surface area (Å²) in [6, 6.07) is -0.794. The Morgan fingerprint density at radius 3 is 2.21 bits per heavy atom. The van der Waals surface area contributed by atoms with Crippen molar-refractivity contribution in [1.82, 2.24) is 0 Å². The fraction of sp³-hybridized carbons (Fsp3) is 0.708. The van der Waals surface area contributed by atoms with Gasteiger partial charge in [-0.15, -0.1) is 6.42 Å². The van der Waals surface area contributed by atoms with Crippen LogP contribution in [0.1, 0.15) is 19.8 Å². The number of esters is 1. The predicted octanol–water partition coefficient (Wildman–Crippen LogP) is -1.62. The number of hydrogen-bond donors (Lipinski definition) is 5. The van der Waals surface area contributed by atoms with Crippen LogP contribution in [0.5, 0.6) is 0 Å². The quantitative estimate of drug-likeness (QED) is 0.0383. The number of aliphatic carboxylic acids is 1. The van der Waals surface area contributed by atoms with Crippen LogP contribution in [0.25, 0.3) is 0 Å². The van der Waals surface area contributed by atoms with Gasteiger partial charge in [0.25, 0.3) is 0 Å². The smallest absolute Gasteiger partial charge is 0.370 e. The van der Waals surface area contributed by atoms with Gasteiger partial charge in [0, 0.05) is 18.9 Å². The van der Waals surface area contributed by atoms with E-state index in [0.717, 1.165) is 0 Å². The summed E-state index contributed by atoms with van der Waals surface area (Å²) in [6.45, 7) is 4.08. The van der Waals surface area contributed by atoms with Crippen LogP contribution in [-0.2, 0) is 38.0 Å². The van der Waals surface area contributed by atoms with E-state index < -0.39 is 54.6 Å². The fourth-order valence-electron chi connectivity index (χ4n) is 3.30. The number of nitrogens with zero attached hydrogens (tertiary/aromatic N) is 1. The molecule has 0 saturated heterocycles. The number of hydrogen-bond acceptors (Lipinski definition) is 11. The van der Waals surface area contributed by atoms with Gasteiger partial charge in [-0.2, -0.15) is 0 Å². The van der Waals surface area contributed by atoms with Crippen LogP contribution < -0.4 is 11.5 Å². The number of carboxylic acid groups (broad SMARTS) is 1. The van der Waals surface area contributed by atoms with Crippen LogP contribution in [0.15, 0.2) is 16.8 Å². The normalized spacial score (nSPS) is 20.4. The Bertz CT molecular complexity index is 811. The van der Waals surface area contributed by atoms with E-state index in [4.69, 9.17) is 46.3 Å². The molecule has 0 fully saturated rings. The van der Waals surface area contributed by atoms with Gasteiger partial charge in [0.2, 0.25) is 5.76 Å². The number of aliphatic imine (C=N–C) groups is 1. The average Bonchev–Trinajstić information content (AvgIpc) is 2.87. The second-order valence-corrected chi connectivity index (χ2v) is 8.26. The van der Waals surface area contributed by atoms with Gasteiger partial charge in [-0.25, -0.2) is 9.79 Å². The van der Waals surface area contributed by atoms with E-state index in [-0.39, 0.29) is 19.0 Å². The Labute approximate surface area is 221 Å². The van der Waals surface area contributed by atoms with Crippen molar-refractivity contribution in [3.05, 3.63) is 11.8 Å². The lowest BCUT2D eigenvalue weighted by Gasteiger charge is -2.36. The Balaban J connectivity index is 2.21. The third-order valence-electron chi connectivity index (χ3n) is 5.27. The zero-order valence-electron chi connectivity index (χ0n) is 21.5. The van der Waals surface area contributed by atoms with Gasteiger partial charge in [0.15, 0.2) is 5.96 Å². The highest BCUT2D eigenvalue weighted by molar-refractivity contribution is 5.85. The molecule has 0 aromatic heterocycles. The first-order valence-corrected chi connectivity index (χ1v) is 12.1. The molecule has 0 bridgehead atoms. The fourth-order valence-corrected chi connectivity index (χ4v) is 3.30. The van der Waals surface area contributed by atoms with Crippen molar-refractivity contribution in [1.29, 1.82) is 0 Å². The molecule has 0 amide bonds. The summed E-state index contributed by atoms with van der Waals surface area (Å²) >= 11 is 0. The molecular formula is C24H39N3O11. The molecule has 38 heavy (non-hydrogen) atoms. The minimum Gasteiger partial charge on any atom is -0.480 e. The largest absolute Gasteiger partial charge is 0.480 e. The Hall–Kier alpha value is -2.93. The van der Waals surface area contributed by atoms with Crippen molar-refractivity contribution in [2.75, 3.05) is 59.5 Å². The van der Waals surface area contributed by atoms with Gasteiger partial charge in [0.1, 0.15) is 31.5 Å². The maximum absolute atomic E-state index is 12.0. The first-order chi connectivity index (χ1) is 18.2. The number of ether oxygens (including phenoxy) is 6. The maximum atomic E-state index is 12.0. The molecule has 0 radical (unpaired) electrons. The third kappa shape index (κ3) is 13.6. The van der Waals surface area contributed by atoms with Crippen LogP contribution >= 0.6 is 0 Å². The van der Waals surface area contributed by atoms with E-state index in [1.54, 1.807) is 6.92 Å². The first kappa shape index (κ1) is 33.1. The molecule has 0 unspecified atom stereocenters. The topological polar surface area (TPSA) is 215 Å². The Kier molecular flexibility index (Phi) is 16.7. The number of aliphatic hydroxyl groups is 2. The Morgan fingerprint density at radius 2 is 1.66 bits per heavy atom. The molecule has 1 rings (SSSR count). The molecule has 0 aliphatic carbocycles. The van der Waals surface area contributed by atoms with Crippen molar-refractivity contribution in [2.24, 2.45) is 22.4 Å². The minimum atomic E-state index is -1.58. The molecular weight excluding hydrogens is 506 g/mol. The van der Waals surface area contributed by atoms with E-state index in [9.17, 15) is 24.9 Å². The predicted molar refractivity (Wildman–Crippen MR) is 134 cm³/mol.